The Morgan fingerprint density at radius 2 is 1.91 bits per heavy atom. The number of urea groups is 1. The minimum atomic E-state index is -0.273. The van der Waals surface area contributed by atoms with Crippen molar-refractivity contribution in [3.8, 4) is 17.6 Å². The van der Waals surface area contributed by atoms with Crippen molar-refractivity contribution in [1.82, 2.24) is 5.32 Å². The van der Waals surface area contributed by atoms with Crippen LogP contribution in [0.15, 0.2) is 48.5 Å². The molecule has 2 N–H and O–H groups in total. The molecule has 0 spiro atoms. The second-order valence-electron chi connectivity index (χ2n) is 5.08. The third-order valence-electron chi connectivity index (χ3n) is 3.13. The van der Waals surface area contributed by atoms with Crippen LogP contribution in [0.25, 0.3) is 0 Å². The second kappa shape index (κ2) is 8.50. The Morgan fingerprint density at radius 3 is 2.70 bits per heavy atom. The molecule has 23 heavy (non-hydrogen) atoms. The zero-order valence-corrected chi connectivity index (χ0v) is 13.3. The maximum absolute atomic E-state index is 11.7. The van der Waals surface area contributed by atoms with Crippen LogP contribution in [0, 0.1) is 25.7 Å². The van der Waals surface area contributed by atoms with Gasteiger partial charge >= 0.3 is 6.03 Å². The van der Waals surface area contributed by atoms with Crippen LogP contribution >= 0.6 is 0 Å². The number of benzene rings is 2. The van der Waals surface area contributed by atoms with E-state index in [-0.39, 0.29) is 12.6 Å². The van der Waals surface area contributed by atoms with E-state index in [0.717, 1.165) is 22.6 Å². The molecule has 0 aromatic heterocycles. The van der Waals surface area contributed by atoms with Crippen LogP contribution in [0.2, 0.25) is 0 Å². The lowest BCUT2D eigenvalue weighted by molar-refractivity contribution is 0.253. The number of carbonyl (C=O) groups excluding carboxylic acids is 1. The van der Waals surface area contributed by atoms with Gasteiger partial charge in [0.15, 0.2) is 0 Å². The van der Waals surface area contributed by atoms with Crippen molar-refractivity contribution < 1.29 is 9.53 Å². The number of nitrogens with one attached hydrogen (secondary N) is 2. The Kier molecular flexibility index (Phi) is 6.07. The van der Waals surface area contributed by atoms with E-state index in [9.17, 15) is 4.79 Å². The van der Waals surface area contributed by atoms with Gasteiger partial charge in [0.1, 0.15) is 12.4 Å². The SMILES string of the molecule is Cc1cccc(NC(=O)NCC#CCOc2ccccc2C)c1. The summed E-state index contributed by atoms with van der Waals surface area (Å²) in [6.07, 6.45) is 0. The number of hydrogen-bond donors (Lipinski definition) is 2. The van der Waals surface area contributed by atoms with Crippen molar-refractivity contribution >= 4 is 11.7 Å². The monoisotopic (exact) mass is 308 g/mol. The topological polar surface area (TPSA) is 50.4 Å². The highest BCUT2D eigenvalue weighted by atomic mass is 16.5. The fourth-order valence-electron chi connectivity index (χ4n) is 1.97. The summed E-state index contributed by atoms with van der Waals surface area (Å²) in [7, 11) is 0. The largest absolute Gasteiger partial charge is 0.481 e. The summed E-state index contributed by atoms with van der Waals surface area (Å²) >= 11 is 0. The average molecular weight is 308 g/mol. The molecule has 0 saturated heterocycles. The number of rotatable bonds is 4. The molecule has 0 atom stereocenters. The molecule has 0 radical (unpaired) electrons. The minimum Gasteiger partial charge on any atom is -0.481 e. The highest BCUT2D eigenvalue weighted by molar-refractivity contribution is 5.89. The lowest BCUT2D eigenvalue weighted by Gasteiger charge is -2.06. The summed E-state index contributed by atoms with van der Waals surface area (Å²) in [6, 6.07) is 15.1. The van der Waals surface area contributed by atoms with E-state index in [2.05, 4.69) is 22.5 Å². The van der Waals surface area contributed by atoms with E-state index >= 15 is 0 Å². The van der Waals surface area contributed by atoms with Crippen LogP contribution in [0.4, 0.5) is 10.5 Å². The molecule has 0 heterocycles. The van der Waals surface area contributed by atoms with Gasteiger partial charge in [-0.25, -0.2) is 4.79 Å². The Balaban J connectivity index is 1.69. The second-order valence-corrected chi connectivity index (χ2v) is 5.08. The third-order valence-corrected chi connectivity index (χ3v) is 3.13. The molecule has 118 valence electrons. The maximum atomic E-state index is 11.7. The van der Waals surface area contributed by atoms with Gasteiger partial charge in [-0.3, -0.25) is 0 Å². The summed E-state index contributed by atoms with van der Waals surface area (Å²) in [5, 5.41) is 5.44. The normalized spacial score (nSPS) is 9.48. The molecule has 2 rings (SSSR count). The fourth-order valence-corrected chi connectivity index (χ4v) is 1.97. The average Bonchev–Trinajstić information content (AvgIpc) is 2.52. The molecule has 4 heteroatoms. The quantitative estimate of drug-likeness (QED) is 0.849. The summed E-state index contributed by atoms with van der Waals surface area (Å²) in [6.45, 7) is 4.53. The first-order chi connectivity index (χ1) is 11.1. The number of hydrogen-bond acceptors (Lipinski definition) is 2. The number of para-hydroxylation sites is 1. The molecule has 0 unspecified atom stereocenters. The van der Waals surface area contributed by atoms with E-state index in [1.54, 1.807) is 0 Å². The van der Waals surface area contributed by atoms with E-state index in [0.29, 0.717) is 6.61 Å². The number of amides is 2. The van der Waals surface area contributed by atoms with Crippen molar-refractivity contribution in [3.63, 3.8) is 0 Å². The maximum Gasteiger partial charge on any atom is 0.319 e. The van der Waals surface area contributed by atoms with Gasteiger partial charge in [-0.15, -0.1) is 0 Å². The summed E-state index contributed by atoms with van der Waals surface area (Å²) in [4.78, 5) is 11.7. The van der Waals surface area contributed by atoms with Crippen molar-refractivity contribution in [2.75, 3.05) is 18.5 Å². The van der Waals surface area contributed by atoms with Gasteiger partial charge in [-0.05, 0) is 43.2 Å². The molecule has 4 nitrogen and oxygen atoms in total. The molecule has 0 bridgehead atoms. The first kappa shape index (κ1) is 16.4. The Hall–Kier alpha value is -2.93. The van der Waals surface area contributed by atoms with Gasteiger partial charge in [0, 0.05) is 5.69 Å². The fraction of sp³-hybridized carbons (Fsp3) is 0.211. The molecular weight excluding hydrogens is 288 g/mol. The summed E-state index contributed by atoms with van der Waals surface area (Å²) < 4.78 is 5.55. The van der Waals surface area contributed by atoms with E-state index in [4.69, 9.17) is 4.74 Å². The van der Waals surface area contributed by atoms with Crippen LogP contribution in [0.3, 0.4) is 0 Å². The molecule has 2 aromatic carbocycles. The number of anilines is 1. The Labute approximate surface area is 136 Å². The Bertz CT molecular complexity index is 729. The molecule has 0 saturated carbocycles. The van der Waals surface area contributed by atoms with Crippen molar-refractivity contribution in [2.45, 2.75) is 13.8 Å². The lowest BCUT2D eigenvalue weighted by Crippen LogP contribution is -2.28. The minimum absolute atomic E-state index is 0.273. The van der Waals surface area contributed by atoms with Crippen LogP contribution in [-0.2, 0) is 0 Å². The highest BCUT2D eigenvalue weighted by Crippen LogP contribution is 2.15. The number of carbonyl (C=O) groups is 1. The number of ether oxygens (including phenoxy) is 1. The molecule has 0 fully saturated rings. The summed E-state index contributed by atoms with van der Waals surface area (Å²) in [5.41, 5.74) is 2.93. The van der Waals surface area contributed by atoms with E-state index in [1.165, 1.54) is 0 Å². The molecule has 2 amide bonds. The van der Waals surface area contributed by atoms with Crippen LogP contribution in [0.1, 0.15) is 11.1 Å². The van der Waals surface area contributed by atoms with Crippen LogP contribution in [-0.4, -0.2) is 19.2 Å². The Morgan fingerprint density at radius 1 is 1.09 bits per heavy atom. The predicted molar refractivity (Wildman–Crippen MR) is 92.7 cm³/mol. The van der Waals surface area contributed by atoms with Gasteiger partial charge in [-0.1, -0.05) is 42.2 Å². The van der Waals surface area contributed by atoms with Crippen LogP contribution < -0.4 is 15.4 Å². The third kappa shape index (κ3) is 5.76. The standard InChI is InChI=1S/C19H20N2O2/c1-15-8-7-10-17(14-15)21-19(22)20-12-5-6-13-23-18-11-4-3-9-16(18)2/h3-4,7-11,14H,12-13H2,1-2H3,(H2,20,21,22). The lowest BCUT2D eigenvalue weighted by atomic mass is 10.2. The van der Waals surface area contributed by atoms with Crippen molar-refractivity contribution in [2.24, 2.45) is 0 Å². The zero-order chi connectivity index (χ0) is 16.5. The van der Waals surface area contributed by atoms with Gasteiger partial charge in [0.2, 0.25) is 0 Å². The molecular formula is C19H20N2O2. The molecule has 0 aliphatic rings. The summed E-state index contributed by atoms with van der Waals surface area (Å²) in [5.74, 6) is 6.56. The molecule has 0 aliphatic carbocycles. The van der Waals surface area contributed by atoms with Gasteiger partial charge in [-0.2, -0.15) is 0 Å². The first-order valence-electron chi connectivity index (χ1n) is 7.41. The van der Waals surface area contributed by atoms with Crippen molar-refractivity contribution in [3.05, 3.63) is 59.7 Å². The first-order valence-corrected chi connectivity index (χ1v) is 7.41. The number of aryl methyl sites for hydroxylation is 2. The predicted octanol–water partition coefficient (Wildman–Crippen LogP) is 3.51. The van der Waals surface area contributed by atoms with Gasteiger partial charge in [0.05, 0.1) is 6.54 Å². The van der Waals surface area contributed by atoms with Gasteiger partial charge in [0.25, 0.3) is 0 Å². The zero-order valence-electron chi connectivity index (χ0n) is 13.3. The smallest absolute Gasteiger partial charge is 0.319 e. The van der Waals surface area contributed by atoms with Gasteiger partial charge < -0.3 is 15.4 Å². The van der Waals surface area contributed by atoms with Crippen molar-refractivity contribution in [1.29, 1.82) is 0 Å². The highest BCUT2D eigenvalue weighted by Gasteiger charge is 1.99. The van der Waals surface area contributed by atoms with E-state index in [1.807, 2.05) is 62.4 Å². The molecule has 2 aromatic rings. The van der Waals surface area contributed by atoms with E-state index < -0.39 is 0 Å². The van der Waals surface area contributed by atoms with Crippen LogP contribution in [0.5, 0.6) is 5.75 Å². The molecule has 0 aliphatic heterocycles.